The van der Waals surface area contributed by atoms with Crippen LogP contribution in [-0.4, -0.2) is 27.4 Å². The van der Waals surface area contributed by atoms with Crippen molar-refractivity contribution in [1.29, 1.82) is 0 Å². The highest BCUT2D eigenvalue weighted by Crippen LogP contribution is 2.35. The molecule has 1 aromatic heterocycles. The van der Waals surface area contributed by atoms with Gasteiger partial charge in [0.1, 0.15) is 5.82 Å². The van der Waals surface area contributed by atoms with Gasteiger partial charge in [0.15, 0.2) is 0 Å². The van der Waals surface area contributed by atoms with E-state index in [1.54, 1.807) is 12.1 Å². The topological polar surface area (TPSA) is 99.6 Å². The van der Waals surface area contributed by atoms with Crippen LogP contribution in [0.25, 0.3) is 10.9 Å². The predicted octanol–water partition coefficient (Wildman–Crippen LogP) is 6.54. The normalized spacial score (nSPS) is 12.9. The van der Waals surface area contributed by atoms with Crippen molar-refractivity contribution in [2.45, 2.75) is 47.0 Å². The Hall–Kier alpha value is -2.78. The van der Waals surface area contributed by atoms with Gasteiger partial charge >= 0.3 is 5.69 Å². The first-order valence-electron chi connectivity index (χ1n) is 10.8. The molecule has 0 N–H and O–H groups in total. The van der Waals surface area contributed by atoms with E-state index in [2.05, 4.69) is 26.0 Å². The van der Waals surface area contributed by atoms with Crippen LogP contribution in [0.2, 0.25) is 5.02 Å². The summed E-state index contributed by atoms with van der Waals surface area (Å²) in [6.07, 6.45) is 2.10. The van der Waals surface area contributed by atoms with Gasteiger partial charge in [-0.1, -0.05) is 62.1 Å². The summed E-state index contributed by atoms with van der Waals surface area (Å²) in [7, 11) is 0. The first-order valence-corrected chi connectivity index (χ1v) is 12.0. The summed E-state index contributed by atoms with van der Waals surface area (Å²) in [5.41, 5.74) is 0.0141. The molecule has 0 amide bonds. The molecule has 0 fully saturated rings. The van der Waals surface area contributed by atoms with Crippen molar-refractivity contribution < 1.29 is 9.66 Å². The van der Waals surface area contributed by atoms with Crippen LogP contribution in [-0.2, 0) is 0 Å². The maximum atomic E-state index is 13.4. The van der Waals surface area contributed by atoms with Gasteiger partial charge in [0.25, 0.3) is 5.56 Å². The van der Waals surface area contributed by atoms with E-state index in [0.717, 1.165) is 10.9 Å². The largest absolute Gasteiger partial charge is 0.486 e. The van der Waals surface area contributed by atoms with Gasteiger partial charge < -0.3 is 4.74 Å². The van der Waals surface area contributed by atoms with Crippen molar-refractivity contribution in [3.63, 3.8) is 0 Å². The lowest BCUT2D eigenvalue weighted by atomic mass is 9.98. The van der Waals surface area contributed by atoms with Crippen molar-refractivity contribution >= 4 is 50.3 Å². The fourth-order valence-corrected chi connectivity index (χ4v) is 3.76. The first-order chi connectivity index (χ1) is 15.9. The minimum atomic E-state index is -0.549. The fourth-order valence-electron chi connectivity index (χ4n) is 3.18. The van der Waals surface area contributed by atoms with Gasteiger partial charge in [-0.05, 0) is 36.1 Å². The van der Waals surface area contributed by atoms with Crippen LogP contribution in [0.3, 0.4) is 0 Å². The molecule has 0 bridgehead atoms. The molecule has 8 nitrogen and oxygen atoms in total. The Morgan fingerprint density at radius 2 is 2.03 bits per heavy atom. The molecule has 0 radical (unpaired) electrons. The van der Waals surface area contributed by atoms with E-state index < -0.39 is 4.92 Å². The smallest absolute Gasteiger partial charge is 0.313 e. The molecule has 3 rings (SSSR count). The number of nitro groups is 1. The van der Waals surface area contributed by atoms with Crippen LogP contribution in [0.5, 0.6) is 5.75 Å². The van der Waals surface area contributed by atoms with Crippen LogP contribution in [0.4, 0.5) is 5.69 Å². The zero-order valence-corrected chi connectivity index (χ0v) is 22.0. The zero-order chi connectivity index (χ0) is 25.2. The maximum absolute atomic E-state index is 13.4. The van der Waals surface area contributed by atoms with E-state index >= 15 is 0 Å². The predicted molar refractivity (Wildman–Crippen MR) is 138 cm³/mol. The van der Waals surface area contributed by atoms with E-state index in [9.17, 15) is 14.9 Å². The van der Waals surface area contributed by atoms with E-state index in [-0.39, 0.29) is 40.0 Å². The van der Waals surface area contributed by atoms with E-state index in [1.807, 2.05) is 40.7 Å². The molecule has 34 heavy (non-hydrogen) atoms. The van der Waals surface area contributed by atoms with Gasteiger partial charge in [-0.3, -0.25) is 14.9 Å². The number of benzene rings is 2. The number of hydrogen-bond acceptors (Lipinski definition) is 6. The summed E-state index contributed by atoms with van der Waals surface area (Å²) in [5, 5.41) is 16.7. The van der Waals surface area contributed by atoms with E-state index in [1.165, 1.54) is 23.0 Å². The van der Waals surface area contributed by atoms with Gasteiger partial charge in [-0.2, -0.15) is 9.78 Å². The van der Waals surface area contributed by atoms with Gasteiger partial charge in [-0.25, -0.2) is 4.98 Å². The second kappa shape index (κ2) is 10.2. The van der Waals surface area contributed by atoms with Crippen LogP contribution < -0.4 is 10.3 Å². The molecule has 0 saturated heterocycles. The summed E-state index contributed by atoms with van der Waals surface area (Å²) in [6, 6.07) is 8.06. The standard InChI is InChI=1S/C24H26BrClN4O4/c1-6-14(2)22-28-19-8-7-16(25)10-18(19)23(31)29(22)27-12-15-9-17(26)11-20(30(32)33)21(15)34-13-24(3,4)5/h7-12,14H,6,13H2,1-5H3/t14-/m1/s1. The molecular formula is C24H26BrClN4O4. The molecule has 0 spiro atoms. The minimum absolute atomic E-state index is 0.0442. The van der Waals surface area contributed by atoms with Crippen molar-refractivity contribution in [3.05, 3.63) is 71.7 Å². The third-order valence-corrected chi connectivity index (χ3v) is 5.82. The third-order valence-electron chi connectivity index (χ3n) is 5.11. The van der Waals surface area contributed by atoms with Crippen LogP contribution >= 0.6 is 27.5 Å². The number of halogens is 2. The van der Waals surface area contributed by atoms with Crippen LogP contribution in [0.1, 0.15) is 58.3 Å². The summed E-state index contributed by atoms with van der Waals surface area (Å²) in [4.78, 5) is 29.2. The molecule has 0 aliphatic heterocycles. The lowest BCUT2D eigenvalue weighted by Gasteiger charge is -2.20. The van der Waals surface area contributed by atoms with Gasteiger partial charge in [0.2, 0.25) is 5.75 Å². The number of aromatic nitrogens is 2. The van der Waals surface area contributed by atoms with Crippen molar-refractivity contribution in [1.82, 2.24) is 9.66 Å². The molecule has 0 aliphatic rings. The second-order valence-electron chi connectivity index (χ2n) is 9.25. The van der Waals surface area contributed by atoms with Crippen molar-refractivity contribution in [2.75, 3.05) is 6.61 Å². The molecule has 0 saturated carbocycles. The number of ether oxygens (including phenoxy) is 1. The monoisotopic (exact) mass is 548 g/mol. The summed E-state index contributed by atoms with van der Waals surface area (Å²) >= 11 is 9.55. The average Bonchev–Trinajstić information content (AvgIpc) is 2.76. The summed E-state index contributed by atoms with van der Waals surface area (Å²) < 4.78 is 7.84. The highest BCUT2D eigenvalue weighted by Gasteiger charge is 2.23. The van der Waals surface area contributed by atoms with Crippen molar-refractivity contribution in [2.24, 2.45) is 10.5 Å². The van der Waals surface area contributed by atoms with Crippen molar-refractivity contribution in [3.8, 4) is 5.75 Å². The van der Waals surface area contributed by atoms with E-state index in [4.69, 9.17) is 16.3 Å². The molecular weight excluding hydrogens is 524 g/mol. The number of rotatable bonds is 7. The number of fused-ring (bicyclic) bond motifs is 1. The molecule has 180 valence electrons. The maximum Gasteiger partial charge on any atom is 0.313 e. The lowest BCUT2D eigenvalue weighted by Crippen LogP contribution is -2.24. The Bertz CT molecular complexity index is 1330. The molecule has 2 aromatic carbocycles. The number of nitrogens with zero attached hydrogens (tertiary/aromatic N) is 4. The number of hydrogen-bond donors (Lipinski definition) is 0. The van der Waals surface area contributed by atoms with Crippen LogP contribution in [0.15, 0.2) is 44.7 Å². The molecule has 1 heterocycles. The Labute approximate surface area is 210 Å². The van der Waals surface area contributed by atoms with Gasteiger partial charge in [-0.15, -0.1) is 0 Å². The SMILES string of the molecule is CC[C@@H](C)c1nc2ccc(Br)cc2c(=O)n1N=Cc1cc(Cl)cc([N+](=O)[O-])c1OCC(C)(C)C. The summed E-state index contributed by atoms with van der Waals surface area (Å²) in [5.74, 6) is 0.484. The zero-order valence-electron chi connectivity index (χ0n) is 19.6. The molecule has 1 atom stereocenters. The summed E-state index contributed by atoms with van der Waals surface area (Å²) in [6.45, 7) is 10.1. The van der Waals surface area contributed by atoms with Gasteiger partial charge in [0.05, 0.1) is 28.6 Å². The van der Waals surface area contributed by atoms with E-state index in [0.29, 0.717) is 22.3 Å². The molecule has 0 unspecified atom stereocenters. The quantitative estimate of drug-likeness (QED) is 0.189. The Morgan fingerprint density at radius 1 is 1.32 bits per heavy atom. The molecule has 10 heteroatoms. The van der Waals surface area contributed by atoms with Gasteiger partial charge in [0, 0.05) is 27.0 Å². The molecule has 3 aromatic rings. The lowest BCUT2D eigenvalue weighted by molar-refractivity contribution is -0.385. The Morgan fingerprint density at radius 3 is 2.65 bits per heavy atom. The highest BCUT2D eigenvalue weighted by molar-refractivity contribution is 9.10. The Kier molecular flexibility index (Phi) is 7.77. The minimum Gasteiger partial charge on any atom is -0.486 e. The number of nitro benzene ring substituents is 1. The second-order valence-corrected chi connectivity index (χ2v) is 10.6. The molecule has 0 aliphatic carbocycles. The first kappa shape index (κ1) is 25.8. The Balaban J connectivity index is 2.22. The van der Waals surface area contributed by atoms with Crippen LogP contribution in [0, 0.1) is 15.5 Å². The fraction of sp³-hybridized carbons (Fsp3) is 0.375. The third kappa shape index (κ3) is 5.82. The highest BCUT2D eigenvalue weighted by atomic mass is 79.9. The average molecular weight is 550 g/mol.